The summed E-state index contributed by atoms with van der Waals surface area (Å²) < 4.78 is 7.13. The number of ether oxygens (including phenoxy) is 1. The van der Waals surface area contributed by atoms with Crippen LogP contribution in [0.5, 0.6) is 5.75 Å². The quantitative estimate of drug-likeness (QED) is 0.828. The number of anilines is 1. The summed E-state index contributed by atoms with van der Waals surface area (Å²) in [6, 6.07) is 7.27. The number of aromatic nitrogens is 2. The Bertz CT molecular complexity index is 629. The van der Waals surface area contributed by atoms with Crippen LogP contribution in [0.15, 0.2) is 30.5 Å². The van der Waals surface area contributed by atoms with Crippen LogP contribution >= 0.6 is 23.8 Å². The van der Waals surface area contributed by atoms with Crippen molar-refractivity contribution >= 4 is 34.6 Å². The predicted molar refractivity (Wildman–Crippen MR) is 89.0 cm³/mol. The number of benzene rings is 1. The fourth-order valence-corrected chi connectivity index (χ4v) is 2.14. The Kier molecular flexibility index (Phi) is 5.41. The summed E-state index contributed by atoms with van der Waals surface area (Å²) in [5.74, 6) is 0.679. The molecule has 0 spiro atoms. The second kappa shape index (κ2) is 7.28. The summed E-state index contributed by atoms with van der Waals surface area (Å²) in [4.78, 5) is 0. The Morgan fingerprint density at radius 2 is 2.24 bits per heavy atom. The molecule has 0 fully saturated rings. The molecule has 1 aromatic carbocycles. The SMILES string of the molecule is CCn1ccc(CNC(=S)Nc2cc(Cl)ccc2OC)n1. The van der Waals surface area contributed by atoms with Gasteiger partial charge in [0.15, 0.2) is 5.11 Å². The number of rotatable bonds is 5. The first-order valence-electron chi connectivity index (χ1n) is 6.53. The fourth-order valence-electron chi connectivity index (χ4n) is 1.79. The molecule has 2 aromatic rings. The molecule has 1 aromatic heterocycles. The predicted octanol–water partition coefficient (Wildman–Crippen LogP) is 3.05. The first kappa shape index (κ1) is 15.6. The molecule has 21 heavy (non-hydrogen) atoms. The molecule has 0 aliphatic heterocycles. The first-order chi connectivity index (χ1) is 10.1. The summed E-state index contributed by atoms with van der Waals surface area (Å²) in [6.07, 6.45) is 1.94. The van der Waals surface area contributed by atoms with E-state index >= 15 is 0 Å². The van der Waals surface area contributed by atoms with Crippen LogP contribution in [0.4, 0.5) is 5.69 Å². The molecular formula is C14H17ClN4OS. The van der Waals surface area contributed by atoms with Gasteiger partial charge < -0.3 is 15.4 Å². The van der Waals surface area contributed by atoms with E-state index in [0.717, 1.165) is 17.9 Å². The third-order valence-corrected chi connectivity index (χ3v) is 3.34. The van der Waals surface area contributed by atoms with Crippen molar-refractivity contribution in [2.75, 3.05) is 12.4 Å². The lowest BCUT2D eigenvalue weighted by molar-refractivity contribution is 0.417. The highest BCUT2D eigenvalue weighted by molar-refractivity contribution is 7.80. The molecule has 0 amide bonds. The highest BCUT2D eigenvalue weighted by atomic mass is 35.5. The monoisotopic (exact) mass is 324 g/mol. The number of methoxy groups -OCH3 is 1. The number of hydrogen-bond donors (Lipinski definition) is 2. The van der Waals surface area contributed by atoms with Crippen LogP contribution in [0.3, 0.4) is 0 Å². The van der Waals surface area contributed by atoms with Crippen molar-refractivity contribution in [2.45, 2.75) is 20.0 Å². The van der Waals surface area contributed by atoms with E-state index in [1.54, 1.807) is 25.3 Å². The van der Waals surface area contributed by atoms with E-state index in [1.807, 2.05) is 23.9 Å². The van der Waals surface area contributed by atoms with Crippen molar-refractivity contribution in [1.29, 1.82) is 0 Å². The highest BCUT2D eigenvalue weighted by Gasteiger charge is 2.06. The van der Waals surface area contributed by atoms with Crippen LogP contribution in [0.2, 0.25) is 5.02 Å². The third-order valence-electron chi connectivity index (χ3n) is 2.86. The molecule has 0 bridgehead atoms. The van der Waals surface area contributed by atoms with Gasteiger partial charge in [-0.2, -0.15) is 5.10 Å². The Hall–Kier alpha value is -1.79. The van der Waals surface area contributed by atoms with Gasteiger partial charge in [0.25, 0.3) is 0 Å². The number of halogens is 1. The van der Waals surface area contributed by atoms with Crippen molar-refractivity contribution in [3.05, 3.63) is 41.2 Å². The molecule has 0 radical (unpaired) electrons. The maximum atomic E-state index is 5.98. The highest BCUT2D eigenvalue weighted by Crippen LogP contribution is 2.27. The topological polar surface area (TPSA) is 51.1 Å². The summed E-state index contributed by atoms with van der Waals surface area (Å²) in [6.45, 7) is 3.45. The second-order valence-electron chi connectivity index (χ2n) is 4.32. The van der Waals surface area contributed by atoms with E-state index in [-0.39, 0.29) is 0 Å². The van der Waals surface area contributed by atoms with Crippen molar-refractivity contribution < 1.29 is 4.74 Å². The van der Waals surface area contributed by atoms with Crippen LogP contribution < -0.4 is 15.4 Å². The van der Waals surface area contributed by atoms with Gasteiger partial charge in [-0.15, -0.1) is 0 Å². The van der Waals surface area contributed by atoms with Gasteiger partial charge in [0, 0.05) is 17.8 Å². The van der Waals surface area contributed by atoms with E-state index in [0.29, 0.717) is 22.4 Å². The molecule has 2 rings (SSSR count). The van der Waals surface area contributed by atoms with E-state index in [1.165, 1.54) is 0 Å². The molecule has 112 valence electrons. The molecule has 7 heteroatoms. The molecule has 0 aliphatic carbocycles. The summed E-state index contributed by atoms with van der Waals surface area (Å²) in [7, 11) is 1.60. The fraction of sp³-hybridized carbons (Fsp3) is 0.286. The molecule has 0 aliphatic rings. The summed E-state index contributed by atoms with van der Waals surface area (Å²) in [5.41, 5.74) is 1.65. The van der Waals surface area contributed by atoms with Gasteiger partial charge in [-0.1, -0.05) is 11.6 Å². The van der Waals surface area contributed by atoms with Crippen LogP contribution in [-0.4, -0.2) is 22.0 Å². The normalized spacial score (nSPS) is 10.2. The number of aryl methyl sites for hydroxylation is 1. The summed E-state index contributed by atoms with van der Waals surface area (Å²) in [5, 5.41) is 11.6. The average Bonchev–Trinajstić information content (AvgIpc) is 2.93. The summed E-state index contributed by atoms with van der Waals surface area (Å²) >= 11 is 11.2. The Labute approximate surface area is 134 Å². The number of nitrogens with one attached hydrogen (secondary N) is 2. The van der Waals surface area contributed by atoms with E-state index in [2.05, 4.69) is 15.7 Å². The molecule has 0 saturated heterocycles. The van der Waals surface area contributed by atoms with Crippen molar-refractivity contribution in [2.24, 2.45) is 0 Å². The van der Waals surface area contributed by atoms with Crippen LogP contribution in [-0.2, 0) is 13.1 Å². The van der Waals surface area contributed by atoms with Crippen molar-refractivity contribution in [1.82, 2.24) is 15.1 Å². The lowest BCUT2D eigenvalue weighted by atomic mass is 10.3. The number of hydrogen-bond acceptors (Lipinski definition) is 3. The van der Waals surface area contributed by atoms with Crippen molar-refractivity contribution in [3.8, 4) is 5.75 Å². The van der Waals surface area contributed by atoms with E-state index in [4.69, 9.17) is 28.6 Å². The van der Waals surface area contributed by atoms with E-state index in [9.17, 15) is 0 Å². The lowest BCUT2D eigenvalue weighted by Crippen LogP contribution is -2.28. The third kappa shape index (κ3) is 4.34. The largest absolute Gasteiger partial charge is 0.495 e. The Balaban J connectivity index is 1.94. The Morgan fingerprint density at radius 1 is 1.43 bits per heavy atom. The van der Waals surface area contributed by atoms with Gasteiger partial charge in [0.1, 0.15) is 5.75 Å². The number of thiocarbonyl (C=S) groups is 1. The molecule has 5 nitrogen and oxygen atoms in total. The number of nitrogens with zero attached hydrogens (tertiary/aromatic N) is 2. The van der Waals surface area contributed by atoms with Gasteiger partial charge >= 0.3 is 0 Å². The smallest absolute Gasteiger partial charge is 0.171 e. The molecular weight excluding hydrogens is 308 g/mol. The van der Waals surface area contributed by atoms with Gasteiger partial charge in [-0.3, -0.25) is 4.68 Å². The lowest BCUT2D eigenvalue weighted by Gasteiger charge is -2.13. The average molecular weight is 325 g/mol. The maximum Gasteiger partial charge on any atom is 0.171 e. The van der Waals surface area contributed by atoms with Crippen LogP contribution in [0.1, 0.15) is 12.6 Å². The molecule has 0 unspecified atom stereocenters. The minimum Gasteiger partial charge on any atom is -0.495 e. The molecule has 1 heterocycles. The second-order valence-corrected chi connectivity index (χ2v) is 5.16. The first-order valence-corrected chi connectivity index (χ1v) is 7.31. The standard InChI is InChI=1S/C14H17ClN4OS/c1-3-19-7-6-11(18-19)9-16-14(21)17-12-8-10(15)4-5-13(12)20-2/h4-8H,3,9H2,1-2H3,(H2,16,17,21). The van der Waals surface area contributed by atoms with Gasteiger partial charge in [-0.05, 0) is 43.4 Å². The maximum absolute atomic E-state index is 5.98. The zero-order valence-corrected chi connectivity index (χ0v) is 13.5. The minimum absolute atomic E-state index is 0.488. The van der Waals surface area contributed by atoms with Crippen LogP contribution in [0, 0.1) is 0 Å². The molecule has 0 saturated carbocycles. The Morgan fingerprint density at radius 3 is 2.90 bits per heavy atom. The molecule has 2 N–H and O–H groups in total. The van der Waals surface area contributed by atoms with Gasteiger partial charge in [0.2, 0.25) is 0 Å². The van der Waals surface area contributed by atoms with Gasteiger partial charge in [0.05, 0.1) is 25.0 Å². The van der Waals surface area contributed by atoms with Gasteiger partial charge in [-0.25, -0.2) is 0 Å². The molecule has 0 atom stereocenters. The minimum atomic E-state index is 0.488. The van der Waals surface area contributed by atoms with E-state index < -0.39 is 0 Å². The zero-order chi connectivity index (χ0) is 15.2. The zero-order valence-electron chi connectivity index (χ0n) is 11.9. The van der Waals surface area contributed by atoms with Crippen LogP contribution in [0.25, 0.3) is 0 Å². The van der Waals surface area contributed by atoms with Crippen molar-refractivity contribution in [3.63, 3.8) is 0 Å².